The molecule has 0 aliphatic carbocycles. The number of carboxylic acids is 1. The summed E-state index contributed by atoms with van der Waals surface area (Å²) < 4.78 is 10.5. The summed E-state index contributed by atoms with van der Waals surface area (Å²) in [5.74, 6) is -1.50. The van der Waals surface area contributed by atoms with Crippen LogP contribution < -0.4 is 34.5 Å². The minimum Gasteiger partial charge on any atom is -0.778 e. The van der Waals surface area contributed by atoms with Crippen molar-refractivity contribution < 1.29 is 86.5 Å². The third kappa shape index (κ3) is 8.99. The summed E-state index contributed by atoms with van der Waals surface area (Å²) in [6.07, 6.45) is 1.92. The minimum atomic E-state index is -4.73. The van der Waals surface area contributed by atoms with Crippen LogP contribution in [0.2, 0.25) is 0 Å². The summed E-state index contributed by atoms with van der Waals surface area (Å²) in [6, 6.07) is 0. The molecule has 0 saturated carbocycles. The second kappa shape index (κ2) is 9.92. The van der Waals surface area contributed by atoms with E-state index in [-0.39, 0.29) is 68.7 Å². The molecular weight excluding hydrogens is 295 g/mol. The molecule has 14 heavy (non-hydrogen) atoms. The van der Waals surface area contributed by atoms with Crippen molar-refractivity contribution in [2.45, 2.75) is 25.4 Å². The summed E-state index contributed by atoms with van der Waals surface area (Å²) >= 11 is 0. The van der Waals surface area contributed by atoms with Gasteiger partial charge >= 0.3 is 35.5 Å². The van der Waals surface area contributed by atoms with Crippen molar-refractivity contribution in [3.8, 4) is 0 Å². The molecular formula is C6H11NaO5PY-. The van der Waals surface area contributed by atoms with E-state index in [1.807, 2.05) is 0 Å². The fraction of sp³-hybridized carbons (Fsp3) is 0.667. The van der Waals surface area contributed by atoms with Crippen LogP contribution in [0.25, 0.3) is 0 Å². The average molecular weight is 306 g/mol. The summed E-state index contributed by atoms with van der Waals surface area (Å²) in [4.78, 5) is 29.3. The van der Waals surface area contributed by atoms with Crippen molar-refractivity contribution in [1.29, 1.82) is 0 Å². The Balaban J connectivity index is -0.000000605. The van der Waals surface area contributed by atoms with E-state index in [9.17, 15) is 14.3 Å². The van der Waals surface area contributed by atoms with Gasteiger partial charge in [0.15, 0.2) is 0 Å². The summed E-state index contributed by atoms with van der Waals surface area (Å²) in [5, 5.41) is 8.39. The van der Waals surface area contributed by atoms with E-state index < -0.39 is 19.2 Å². The number of hydrogen-bond donors (Lipinski definition) is 2. The van der Waals surface area contributed by atoms with Gasteiger partial charge in [-0.05, 0) is 0 Å². The molecule has 0 aromatic carbocycles. The van der Waals surface area contributed by atoms with Crippen LogP contribution in [0, 0.1) is 6.42 Å². The van der Waals surface area contributed by atoms with Gasteiger partial charge < -0.3 is 25.9 Å². The summed E-state index contributed by atoms with van der Waals surface area (Å²) in [5.41, 5.74) is -1.67. The minimum absolute atomic E-state index is 0. The van der Waals surface area contributed by atoms with Crippen molar-refractivity contribution in [3.05, 3.63) is 6.42 Å². The van der Waals surface area contributed by atoms with Gasteiger partial charge in [-0.25, -0.2) is 0 Å². The third-order valence-corrected chi connectivity index (χ3v) is 2.67. The first kappa shape index (κ1) is 21.1. The van der Waals surface area contributed by atoms with E-state index in [2.05, 4.69) is 0 Å². The number of carboxylic acid groups (broad SMARTS) is 1. The van der Waals surface area contributed by atoms with Gasteiger partial charge in [-0.3, -0.25) is 4.79 Å². The van der Waals surface area contributed by atoms with Gasteiger partial charge in [0.1, 0.15) is 13.3 Å². The topological polar surface area (TPSA) is 97.7 Å². The first-order chi connectivity index (χ1) is 5.39. The van der Waals surface area contributed by atoms with Crippen LogP contribution in [0.15, 0.2) is 0 Å². The number of rotatable bonds is 5. The molecule has 2 N–H and O–H groups in total. The van der Waals surface area contributed by atoms with Crippen LogP contribution in [0.4, 0.5) is 0 Å². The molecule has 1 radical (unpaired) electrons. The molecule has 0 aliphatic rings. The van der Waals surface area contributed by atoms with Crippen LogP contribution in [-0.2, 0) is 42.1 Å². The molecule has 0 aromatic rings. The maximum Gasteiger partial charge on any atom is 1.00 e. The molecule has 2 atom stereocenters. The maximum atomic E-state index is 10.5. The molecule has 0 aliphatic heterocycles. The number of carbonyl (C=O) groups is 1. The van der Waals surface area contributed by atoms with Crippen molar-refractivity contribution >= 4 is 13.6 Å². The smallest absolute Gasteiger partial charge is 0.778 e. The van der Waals surface area contributed by atoms with E-state index in [0.29, 0.717) is 6.42 Å². The van der Waals surface area contributed by atoms with Crippen molar-refractivity contribution in [1.82, 2.24) is 0 Å². The Morgan fingerprint density at radius 3 is 2.29 bits per heavy atom. The Labute approximate surface area is 130 Å². The normalized spacial score (nSPS) is 15.6. The molecule has 0 heterocycles. The van der Waals surface area contributed by atoms with Gasteiger partial charge in [-0.1, -0.05) is 6.42 Å². The van der Waals surface area contributed by atoms with Gasteiger partial charge in [-0.2, -0.15) is 13.3 Å². The van der Waals surface area contributed by atoms with E-state index >= 15 is 0 Å². The maximum absolute atomic E-state index is 10.5. The molecule has 2 unspecified atom stereocenters. The molecule has 0 amide bonds. The summed E-state index contributed by atoms with van der Waals surface area (Å²) in [7, 11) is -4.73. The second-order valence-electron chi connectivity index (χ2n) is 2.40. The fourth-order valence-electron chi connectivity index (χ4n) is 0.751. The van der Waals surface area contributed by atoms with Crippen molar-refractivity contribution in [2.75, 3.05) is 0 Å². The molecule has 0 fully saturated rings. The van der Waals surface area contributed by atoms with Crippen LogP contribution in [0.1, 0.15) is 19.8 Å². The standard InChI is InChI=1S/C6H12O5P.Na.Y/c1-2-3-4-5(6(7)8)12(9,10)11;;/h2,5H,3-4H2,1H3,(H,7,8)(H2,9,10,11);;/q-1;+1;/p-1. The first-order valence-electron chi connectivity index (χ1n) is 3.43. The van der Waals surface area contributed by atoms with Crippen molar-refractivity contribution in [2.24, 2.45) is 0 Å². The Morgan fingerprint density at radius 1 is 1.64 bits per heavy atom. The quantitative estimate of drug-likeness (QED) is 0.320. The number of unbranched alkanes of at least 4 members (excludes halogenated alkanes) is 1. The van der Waals surface area contributed by atoms with Crippen LogP contribution in [0.3, 0.4) is 0 Å². The molecule has 0 saturated heterocycles. The number of aliphatic carboxylic acids is 1. The third-order valence-electron chi connectivity index (χ3n) is 1.41. The van der Waals surface area contributed by atoms with Gasteiger partial charge in [0.2, 0.25) is 0 Å². The molecule has 5 nitrogen and oxygen atoms in total. The van der Waals surface area contributed by atoms with Gasteiger partial charge in [-0.15, -0.1) is 0 Å². The average Bonchev–Trinajstić information content (AvgIpc) is 1.84. The van der Waals surface area contributed by atoms with Crippen molar-refractivity contribution in [3.63, 3.8) is 0 Å². The zero-order valence-corrected chi connectivity index (χ0v) is 13.9. The Hall–Kier alpha value is 1.72. The van der Waals surface area contributed by atoms with Crippen LogP contribution in [0.5, 0.6) is 0 Å². The van der Waals surface area contributed by atoms with E-state index in [4.69, 9.17) is 10.00 Å². The molecule has 0 rings (SSSR count). The monoisotopic (exact) mass is 306 g/mol. The zero-order valence-electron chi connectivity index (χ0n) is 8.21. The molecule has 8 heteroatoms. The van der Waals surface area contributed by atoms with E-state index in [1.54, 1.807) is 13.3 Å². The van der Waals surface area contributed by atoms with E-state index in [1.165, 1.54) is 0 Å². The molecule has 0 spiro atoms. The van der Waals surface area contributed by atoms with E-state index in [0.717, 1.165) is 0 Å². The van der Waals surface area contributed by atoms with Crippen LogP contribution >= 0.6 is 7.60 Å². The SMILES string of the molecule is C[CH-]CCC(C(=O)O)P(=O)([O-])O.[Na+].[Y]. The Kier molecular flexibility index (Phi) is 14.9. The van der Waals surface area contributed by atoms with Gasteiger partial charge in [0.05, 0.1) is 0 Å². The Morgan fingerprint density at radius 2 is 2.07 bits per heavy atom. The molecule has 75 valence electrons. The summed E-state index contributed by atoms with van der Waals surface area (Å²) in [6.45, 7) is 1.69. The van der Waals surface area contributed by atoms with Gasteiger partial charge in [0, 0.05) is 32.7 Å². The zero-order chi connectivity index (χ0) is 9.78. The first-order valence-corrected chi connectivity index (χ1v) is 5.08. The number of hydrogen-bond acceptors (Lipinski definition) is 3. The Bertz CT molecular complexity index is 206. The largest absolute Gasteiger partial charge is 1.00 e. The molecule has 0 bridgehead atoms. The fourth-order valence-corrected chi connectivity index (χ4v) is 1.51. The predicted octanol–water partition coefficient (Wildman–Crippen LogP) is -3.01. The van der Waals surface area contributed by atoms with Gasteiger partial charge in [0.25, 0.3) is 0 Å². The predicted molar refractivity (Wildman–Crippen MR) is 40.5 cm³/mol. The second-order valence-corrected chi connectivity index (χ2v) is 4.16. The van der Waals surface area contributed by atoms with Crippen LogP contribution in [-0.4, -0.2) is 21.6 Å². The molecule has 0 aromatic heterocycles.